The summed E-state index contributed by atoms with van der Waals surface area (Å²) in [6, 6.07) is 4.41. The normalized spacial score (nSPS) is 14.2. The summed E-state index contributed by atoms with van der Waals surface area (Å²) in [6.45, 7) is 5.03. The highest BCUT2D eigenvalue weighted by atomic mass is 35.5. The molecule has 3 heteroatoms. The largest absolute Gasteiger partial charge is 0.469 e. The number of hydrogen-bond acceptors (Lipinski definition) is 2. The van der Waals surface area contributed by atoms with Crippen molar-refractivity contribution in [3.05, 3.63) is 35.3 Å². The third-order valence-corrected chi connectivity index (χ3v) is 2.69. The molecule has 0 saturated carbocycles. The lowest BCUT2D eigenvalue weighted by Crippen LogP contribution is -2.27. The monoisotopic (exact) mass is 227 g/mol. The van der Waals surface area contributed by atoms with Gasteiger partial charge in [-0.1, -0.05) is 11.6 Å². The van der Waals surface area contributed by atoms with Gasteiger partial charge in [-0.15, -0.1) is 0 Å². The number of furan rings is 1. The highest BCUT2D eigenvalue weighted by Gasteiger charge is 2.03. The maximum atomic E-state index is 5.58. The summed E-state index contributed by atoms with van der Waals surface area (Å²) in [5.74, 6) is 1.05. The lowest BCUT2D eigenvalue weighted by Gasteiger charge is -2.12. The Morgan fingerprint density at radius 1 is 1.67 bits per heavy atom. The third-order valence-electron chi connectivity index (χ3n) is 2.32. The molecule has 1 aromatic rings. The van der Waals surface area contributed by atoms with Crippen molar-refractivity contribution in [1.29, 1.82) is 0 Å². The predicted octanol–water partition coefficient (Wildman–Crippen LogP) is 3.33. The molecule has 1 atom stereocenters. The summed E-state index contributed by atoms with van der Waals surface area (Å²) < 4.78 is 5.27. The maximum Gasteiger partial charge on any atom is 0.103 e. The average molecular weight is 228 g/mol. The van der Waals surface area contributed by atoms with Gasteiger partial charge in [0, 0.05) is 24.5 Å². The van der Waals surface area contributed by atoms with Gasteiger partial charge in [0.2, 0.25) is 0 Å². The van der Waals surface area contributed by atoms with Crippen LogP contribution >= 0.6 is 11.6 Å². The molecule has 0 saturated heterocycles. The van der Waals surface area contributed by atoms with Gasteiger partial charge in [0.25, 0.3) is 0 Å². The highest BCUT2D eigenvalue weighted by molar-refractivity contribution is 6.25. The molecular weight excluding hydrogens is 210 g/mol. The first-order valence-electron chi connectivity index (χ1n) is 5.24. The van der Waals surface area contributed by atoms with Gasteiger partial charge in [-0.3, -0.25) is 0 Å². The molecule has 0 bridgehead atoms. The van der Waals surface area contributed by atoms with Gasteiger partial charge < -0.3 is 9.73 Å². The van der Waals surface area contributed by atoms with E-state index in [1.807, 2.05) is 19.1 Å². The second-order valence-corrected chi connectivity index (χ2v) is 4.07. The highest BCUT2D eigenvalue weighted by Crippen LogP contribution is 2.06. The summed E-state index contributed by atoms with van der Waals surface area (Å²) in [5.41, 5.74) is 2.77. The fourth-order valence-corrected chi connectivity index (χ4v) is 1.37. The van der Waals surface area contributed by atoms with E-state index in [9.17, 15) is 0 Å². The van der Waals surface area contributed by atoms with E-state index in [2.05, 4.69) is 12.2 Å². The Hall–Kier alpha value is -0.730. The van der Waals surface area contributed by atoms with E-state index in [-0.39, 0.29) is 0 Å². The molecule has 0 fully saturated rings. The van der Waals surface area contributed by atoms with Gasteiger partial charge in [-0.2, -0.15) is 0 Å². The zero-order valence-electron chi connectivity index (χ0n) is 9.29. The van der Waals surface area contributed by atoms with Gasteiger partial charge in [-0.05, 0) is 38.0 Å². The summed E-state index contributed by atoms with van der Waals surface area (Å²) in [6.07, 6.45) is 3.77. The van der Waals surface area contributed by atoms with E-state index < -0.39 is 0 Å². The molecule has 0 aliphatic heterocycles. The number of hydrogen-bond donors (Lipinski definition) is 1. The summed E-state index contributed by atoms with van der Waals surface area (Å²) in [7, 11) is 0. The molecule has 0 aliphatic rings. The average Bonchev–Trinajstić information content (AvgIpc) is 2.75. The molecule has 2 nitrogen and oxygen atoms in total. The second-order valence-electron chi connectivity index (χ2n) is 3.86. The molecule has 0 spiro atoms. The fraction of sp³-hybridized carbons (Fsp3) is 0.500. The van der Waals surface area contributed by atoms with Gasteiger partial charge in [0.15, 0.2) is 0 Å². The predicted molar refractivity (Wildman–Crippen MR) is 64.1 cm³/mol. The van der Waals surface area contributed by atoms with Crippen LogP contribution in [-0.4, -0.2) is 12.6 Å². The van der Waals surface area contributed by atoms with E-state index in [0.717, 1.165) is 30.7 Å². The second kappa shape index (κ2) is 6.70. The zero-order valence-corrected chi connectivity index (χ0v) is 10.1. The minimum absolute atomic E-state index is 0.474. The van der Waals surface area contributed by atoms with Crippen LogP contribution < -0.4 is 5.32 Å². The topological polar surface area (TPSA) is 25.2 Å². The van der Waals surface area contributed by atoms with Crippen LogP contribution in [0.5, 0.6) is 0 Å². The van der Waals surface area contributed by atoms with E-state index >= 15 is 0 Å². The summed E-state index contributed by atoms with van der Waals surface area (Å²) in [4.78, 5) is 0. The number of nitrogens with one attached hydrogen (secondary N) is 1. The zero-order chi connectivity index (χ0) is 11.1. The molecule has 0 amide bonds. The SMILES string of the molecule is C/C(=C\Cl)CNC(C)CCc1ccco1. The minimum atomic E-state index is 0.474. The first-order chi connectivity index (χ1) is 7.22. The molecule has 1 heterocycles. The summed E-state index contributed by atoms with van der Waals surface area (Å²) in [5, 5.41) is 3.40. The lowest BCUT2D eigenvalue weighted by molar-refractivity contribution is 0.468. The van der Waals surface area contributed by atoms with Crippen molar-refractivity contribution in [3.63, 3.8) is 0 Å². The van der Waals surface area contributed by atoms with Crippen LogP contribution in [0.15, 0.2) is 33.9 Å². The molecule has 1 unspecified atom stereocenters. The van der Waals surface area contributed by atoms with Crippen LogP contribution in [0.25, 0.3) is 0 Å². The van der Waals surface area contributed by atoms with Crippen molar-refractivity contribution in [2.24, 2.45) is 0 Å². The van der Waals surface area contributed by atoms with Crippen molar-refractivity contribution in [1.82, 2.24) is 5.32 Å². The Labute approximate surface area is 96.3 Å². The molecule has 0 aliphatic carbocycles. The van der Waals surface area contributed by atoms with E-state index in [1.165, 1.54) is 0 Å². The van der Waals surface area contributed by atoms with Gasteiger partial charge in [0.05, 0.1) is 6.26 Å². The molecule has 0 radical (unpaired) electrons. The van der Waals surface area contributed by atoms with E-state index in [0.29, 0.717) is 6.04 Å². The molecule has 84 valence electrons. The first-order valence-corrected chi connectivity index (χ1v) is 5.67. The van der Waals surface area contributed by atoms with Gasteiger partial charge >= 0.3 is 0 Å². The smallest absolute Gasteiger partial charge is 0.103 e. The van der Waals surface area contributed by atoms with Crippen molar-refractivity contribution in [3.8, 4) is 0 Å². The van der Waals surface area contributed by atoms with Gasteiger partial charge in [-0.25, -0.2) is 0 Å². The Kier molecular flexibility index (Phi) is 5.51. The van der Waals surface area contributed by atoms with Gasteiger partial charge in [0.1, 0.15) is 5.76 Å². The third kappa shape index (κ3) is 5.05. The van der Waals surface area contributed by atoms with Crippen LogP contribution in [0.4, 0.5) is 0 Å². The maximum absolute atomic E-state index is 5.58. The van der Waals surface area contributed by atoms with E-state index in [4.69, 9.17) is 16.0 Å². The lowest BCUT2D eigenvalue weighted by atomic mass is 10.1. The number of rotatable bonds is 6. The minimum Gasteiger partial charge on any atom is -0.469 e. The Morgan fingerprint density at radius 3 is 3.07 bits per heavy atom. The first kappa shape index (κ1) is 12.3. The van der Waals surface area contributed by atoms with Crippen molar-refractivity contribution < 1.29 is 4.42 Å². The molecule has 1 N–H and O–H groups in total. The molecule has 15 heavy (non-hydrogen) atoms. The van der Waals surface area contributed by atoms with Crippen molar-refractivity contribution in [2.75, 3.05) is 6.54 Å². The van der Waals surface area contributed by atoms with E-state index in [1.54, 1.807) is 11.8 Å². The quantitative estimate of drug-likeness (QED) is 0.807. The van der Waals surface area contributed by atoms with Crippen LogP contribution in [0.3, 0.4) is 0 Å². The Balaban J connectivity index is 2.16. The summed E-state index contributed by atoms with van der Waals surface area (Å²) >= 11 is 5.58. The van der Waals surface area contributed by atoms with Crippen molar-refractivity contribution in [2.45, 2.75) is 32.7 Å². The standard InChI is InChI=1S/C12H18ClNO/c1-10(8-13)9-14-11(2)5-6-12-4-3-7-15-12/h3-4,7-8,11,14H,5-6,9H2,1-2H3/b10-8+. The molecular formula is C12H18ClNO. The fourth-order valence-electron chi connectivity index (χ4n) is 1.29. The van der Waals surface area contributed by atoms with Crippen LogP contribution in [0, 0.1) is 0 Å². The molecule has 0 aromatic carbocycles. The number of aryl methyl sites for hydroxylation is 1. The van der Waals surface area contributed by atoms with Crippen LogP contribution in [0.2, 0.25) is 0 Å². The van der Waals surface area contributed by atoms with Crippen molar-refractivity contribution >= 4 is 11.6 Å². The number of halogens is 1. The van der Waals surface area contributed by atoms with Crippen LogP contribution in [0.1, 0.15) is 26.0 Å². The Bertz CT molecular complexity index is 293. The molecule has 1 aromatic heterocycles. The molecule has 1 rings (SSSR count). The Morgan fingerprint density at radius 2 is 2.47 bits per heavy atom. The van der Waals surface area contributed by atoms with Crippen LogP contribution in [-0.2, 0) is 6.42 Å².